The molecule has 3 rings (SSSR count). The van der Waals surface area contributed by atoms with E-state index >= 15 is 0 Å². The van der Waals surface area contributed by atoms with E-state index in [0.717, 1.165) is 44.3 Å². The second kappa shape index (κ2) is 7.51. The van der Waals surface area contributed by atoms with Crippen LogP contribution >= 0.6 is 11.8 Å². The van der Waals surface area contributed by atoms with Crippen molar-refractivity contribution >= 4 is 35.5 Å². The Morgan fingerprint density at radius 1 is 1.18 bits per heavy atom. The summed E-state index contributed by atoms with van der Waals surface area (Å²) in [6.45, 7) is 8.59. The number of hydrogen-bond acceptors (Lipinski definition) is 4. The second-order valence-corrected chi connectivity index (χ2v) is 9.14. The Morgan fingerprint density at radius 2 is 1.89 bits per heavy atom. The molecular weight excluding hydrogens is 372 g/mol. The maximum absolute atomic E-state index is 11.7. The molecule has 1 aliphatic heterocycles. The van der Waals surface area contributed by atoms with Crippen LogP contribution in [-0.4, -0.2) is 35.0 Å². The highest BCUT2D eigenvalue weighted by Gasteiger charge is 2.28. The minimum Gasteiger partial charge on any atom is -0.481 e. The largest absolute Gasteiger partial charge is 0.481 e. The van der Waals surface area contributed by atoms with Gasteiger partial charge >= 0.3 is 5.97 Å². The lowest BCUT2D eigenvalue weighted by Crippen LogP contribution is -2.39. The molecule has 0 bridgehead atoms. The zero-order valence-electron chi connectivity index (χ0n) is 16.9. The Bertz CT molecular complexity index is 934. The Balaban J connectivity index is 2.10. The normalized spacial score (nSPS) is 13.0. The van der Waals surface area contributed by atoms with Crippen molar-refractivity contribution in [3.8, 4) is 0 Å². The first-order valence-corrected chi connectivity index (χ1v) is 10.0. The fourth-order valence-electron chi connectivity index (χ4n) is 3.46. The van der Waals surface area contributed by atoms with Crippen LogP contribution in [0.5, 0.6) is 0 Å². The fourth-order valence-corrected chi connectivity index (χ4v) is 4.90. The average molecular weight is 399 g/mol. The van der Waals surface area contributed by atoms with E-state index in [1.807, 2.05) is 59.0 Å². The average Bonchev–Trinajstić information content (AvgIpc) is 2.61. The lowest BCUT2D eigenvalue weighted by molar-refractivity contribution is -0.136. The topological polar surface area (TPSA) is 60.9 Å². The number of hydrogen-bond donors (Lipinski definition) is 1. The number of aliphatic carboxylic acids is 1. The molecule has 0 fully saturated rings. The van der Waals surface area contributed by atoms with Crippen LogP contribution in [-0.2, 0) is 22.6 Å². The molecule has 0 saturated carbocycles. The number of carboxylic acids is 1. The van der Waals surface area contributed by atoms with E-state index in [1.165, 1.54) is 0 Å². The van der Waals surface area contributed by atoms with Gasteiger partial charge in [-0.2, -0.15) is 0 Å². The molecule has 5 nitrogen and oxygen atoms in total. The van der Waals surface area contributed by atoms with Crippen molar-refractivity contribution in [1.82, 2.24) is 4.90 Å². The molecule has 148 valence electrons. The Morgan fingerprint density at radius 3 is 2.50 bits per heavy atom. The monoisotopic (exact) mass is 398 g/mol. The van der Waals surface area contributed by atoms with Crippen LogP contribution in [0.3, 0.4) is 0 Å². The molecular formula is C22H26N2O3S. The number of carboxylic acid groups (broad SMARTS) is 1. The first kappa shape index (κ1) is 20.3. The van der Waals surface area contributed by atoms with Crippen molar-refractivity contribution in [2.75, 3.05) is 11.9 Å². The SMILES string of the molecule is Cc1ccc(CC(=O)O)c2c1N(C)c1cccc(CN(C=O)C(C)(C)C)c1S2. The predicted octanol–water partition coefficient (Wildman–Crippen LogP) is 4.61. The number of carbonyl (C=O) groups is 2. The highest BCUT2D eigenvalue weighted by molar-refractivity contribution is 7.99. The molecule has 0 spiro atoms. The van der Waals surface area contributed by atoms with Crippen molar-refractivity contribution in [3.63, 3.8) is 0 Å². The molecule has 1 aliphatic rings. The van der Waals surface area contributed by atoms with Crippen LogP contribution in [0.4, 0.5) is 11.4 Å². The second-order valence-electron chi connectivity index (χ2n) is 8.12. The van der Waals surface area contributed by atoms with Crippen LogP contribution < -0.4 is 4.90 Å². The van der Waals surface area contributed by atoms with Gasteiger partial charge in [-0.25, -0.2) is 0 Å². The summed E-state index contributed by atoms with van der Waals surface area (Å²) in [5.41, 5.74) is 4.83. The third-order valence-electron chi connectivity index (χ3n) is 5.06. The number of aryl methyl sites for hydroxylation is 1. The highest BCUT2D eigenvalue weighted by atomic mass is 32.2. The first-order valence-electron chi connectivity index (χ1n) is 9.23. The van der Waals surface area contributed by atoms with Gasteiger partial charge in [0.15, 0.2) is 0 Å². The minimum absolute atomic E-state index is 0.0105. The summed E-state index contributed by atoms with van der Waals surface area (Å²) in [5, 5.41) is 9.33. The Hall–Kier alpha value is -2.47. The van der Waals surface area contributed by atoms with Crippen LogP contribution in [0.25, 0.3) is 0 Å². The van der Waals surface area contributed by atoms with Crippen LogP contribution in [0.15, 0.2) is 40.1 Å². The lowest BCUT2D eigenvalue weighted by atomic mass is 10.0. The molecule has 2 aromatic carbocycles. The summed E-state index contributed by atoms with van der Waals surface area (Å²) < 4.78 is 0. The summed E-state index contributed by atoms with van der Waals surface area (Å²) in [6.07, 6.45) is 0.883. The van der Waals surface area contributed by atoms with E-state index in [0.29, 0.717) is 6.54 Å². The minimum atomic E-state index is -0.840. The zero-order valence-corrected chi connectivity index (χ0v) is 17.8. The maximum Gasteiger partial charge on any atom is 0.307 e. The molecule has 1 N–H and O–H groups in total. The van der Waals surface area contributed by atoms with Gasteiger partial charge < -0.3 is 14.9 Å². The summed E-state index contributed by atoms with van der Waals surface area (Å²) in [4.78, 5) is 29.0. The summed E-state index contributed by atoms with van der Waals surface area (Å²) in [7, 11) is 2.01. The third-order valence-corrected chi connectivity index (χ3v) is 6.40. The molecule has 0 unspecified atom stereocenters. The Kier molecular flexibility index (Phi) is 5.44. The number of benzene rings is 2. The maximum atomic E-state index is 11.7. The van der Waals surface area contributed by atoms with Crippen molar-refractivity contribution in [2.24, 2.45) is 0 Å². The predicted molar refractivity (Wildman–Crippen MR) is 113 cm³/mol. The van der Waals surface area contributed by atoms with Crippen molar-refractivity contribution < 1.29 is 14.7 Å². The molecule has 0 atom stereocenters. The van der Waals surface area contributed by atoms with Crippen molar-refractivity contribution in [2.45, 2.75) is 56.0 Å². The molecule has 1 heterocycles. The van der Waals surface area contributed by atoms with Crippen molar-refractivity contribution in [3.05, 3.63) is 47.0 Å². The summed E-state index contributed by atoms with van der Waals surface area (Å²) >= 11 is 1.61. The fraction of sp³-hybridized carbons (Fsp3) is 0.364. The molecule has 0 radical (unpaired) electrons. The number of nitrogens with zero attached hydrogens (tertiary/aromatic N) is 2. The van der Waals surface area contributed by atoms with Gasteiger partial charge in [0.05, 0.1) is 17.8 Å². The van der Waals surface area contributed by atoms with Crippen molar-refractivity contribution in [1.29, 1.82) is 0 Å². The number of carbonyl (C=O) groups excluding carboxylic acids is 1. The van der Waals surface area contributed by atoms with Gasteiger partial charge in [-0.05, 0) is 50.5 Å². The van der Waals surface area contributed by atoms with Gasteiger partial charge in [0, 0.05) is 28.9 Å². The Labute approximate surface area is 170 Å². The third kappa shape index (κ3) is 3.74. The standard InChI is InChI=1S/C22H26N2O3S/c1-14-9-10-15(11-18(26)27)21-19(14)23(5)17-8-6-7-16(20(17)28-21)12-24(13-25)22(2,3)4/h6-10,13H,11-12H2,1-5H3,(H,26,27). The van der Waals surface area contributed by atoms with Crippen LogP contribution in [0, 0.1) is 6.92 Å². The molecule has 0 aliphatic carbocycles. The zero-order chi connectivity index (χ0) is 20.6. The lowest BCUT2D eigenvalue weighted by Gasteiger charge is -2.36. The van der Waals surface area contributed by atoms with Gasteiger partial charge in [0.2, 0.25) is 6.41 Å². The van der Waals surface area contributed by atoms with E-state index in [1.54, 1.807) is 16.7 Å². The van der Waals surface area contributed by atoms with Crippen LogP contribution in [0.1, 0.15) is 37.5 Å². The number of rotatable bonds is 5. The smallest absolute Gasteiger partial charge is 0.307 e. The quantitative estimate of drug-likeness (QED) is 0.745. The van der Waals surface area contributed by atoms with Gasteiger partial charge in [0.25, 0.3) is 0 Å². The molecule has 1 amide bonds. The van der Waals surface area contributed by atoms with Gasteiger partial charge in [0.1, 0.15) is 0 Å². The molecule has 0 saturated heterocycles. The van der Waals surface area contributed by atoms with Gasteiger partial charge in [-0.1, -0.05) is 36.0 Å². The van der Waals surface area contributed by atoms with E-state index in [-0.39, 0.29) is 12.0 Å². The van der Waals surface area contributed by atoms with Gasteiger partial charge in [-0.15, -0.1) is 0 Å². The molecule has 2 aromatic rings. The number of anilines is 2. The van der Waals surface area contributed by atoms with Crippen LogP contribution in [0.2, 0.25) is 0 Å². The summed E-state index contributed by atoms with van der Waals surface area (Å²) in [5.74, 6) is -0.840. The van der Waals surface area contributed by atoms with Gasteiger partial charge in [-0.3, -0.25) is 9.59 Å². The molecule has 6 heteroatoms. The molecule has 0 aromatic heterocycles. The van der Waals surface area contributed by atoms with E-state index < -0.39 is 5.97 Å². The number of fused-ring (bicyclic) bond motifs is 2. The van der Waals surface area contributed by atoms with E-state index in [4.69, 9.17) is 0 Å². The van der Waals surface area contributed by atoms with E-state index in [9.17, 15) is 14.7 Å². The van der Waals surface area contributed by atoms with E-state index in [2.05, 4.69) is 11.0 Å². The first-order chi connectivity index (χ1) is 13.1. The summed E-state index contributed by atoms with van der Waals surface area (Å²) in [6, 6.07) is 10.0. The molecule has 28 heavy (non-hydrogen) atoms. The number of amides is 1. The highest BCUT2D eigenvalue weighted by Crippen LogP contribution is 2.51.